The molecule has 0 radical (unpaired) electrons. The van der Waals surface area contributed by atoms with E-state index in [1.165, 1.54) is 19.3 Å². The summed E-state index contributed by atoms with van der Waals surface area (Å²) < 4.78 is 5.70. The molecule has 3 unspecified atom stereocenters. The highest BCUT2D eigenvalue weighted by Crippen LogP contribution is 2.40. The molecule has 0 aromatic heterocycles. The molecule has 17 heavy (non-hydrogen) atoms. The third-order valence-electron chi connectivity index (χ3n) is 4.26. The van der Waals surface area contributed by atoms with Gasteiger partial charge in [-0.1, -0.05) is 13.8 Å². The smallest absolute Gasteiger partial charge is 0.164 e. The molecule has 0 aromatic carbocycles. The zero-order chi connectivity index (χ0) is 12.4. The van der Waals surface area contributed by atoms with Crippen LogP contribution in [-0.4, -0.2) is 18.5 Å². The Morgan fingerprint density at radius 1 is 1.18 bits per heavy atom. The Balaban J connectivity index is 1.96. The second-order valence-corrected chi connectivity index (χ2v) is 6.23. The number of carbonyl (C=O) groups excluding carboxylic acids is 1. The van der Waals surface area contributed by atoms with Gasteiger partial charge in [0.1, 0.15) is 6.10 Å². The van der Waals surface area contributed by atoms with Gasteiger partial charge in [-0.05, 0) is 56.8 Å². The van der Waals surface area contributed by atoms with Crippen LogP contribution in [0.2, 0.25) is 0 Å². The van der Waals surface area contributed by atoms with Gasteiger partial charge in [-0.3, -0.25) is 4.79 Å². The van der Waals surface area contributed by atoms with Gasteiger partial charge in [0.2, 0.25) is 0 Å². The van der Waals surface area contributed by atoms with Gasteiger partial charge >= 0.3 is 0 Å². The van der Waals surface area contributed by atoms with E-state index in [2.05, 4.69) is 13.8 Å². The van der Waals surface area contributed by atoms with E-state index >= 15 is 0 Å². The molecule has 0 amide bonds. The molecule has 2 fully saturated rings. The molecule has 0 heterocycles. The van der Waals surface area contributed by atoms with E-state index < -0.39 is 0 Å². The average molecular weight is 238 g/mol. The van der Waals surface area contributed by atoms with Gasteiger partial charge in [-0.2, -0.15) is 0 Å². The largest absolute Gasteiger partial charge is 0.370 e. The van der Waals surface area contributed by atoms with E-state index in [9.17, 15) is 4.79 Å². The standard InChI is InChI=1S/C15H26O2/c1-4-17-15(12-5-6-12)14(16)13-8-10(2)7-11(3)9-13/h10-13,15H,4-9H2,1-3H3. The minimum atomic E-state index is -0.0810. The molecule has 98 valence electrons. The summed E-state index contributed by atoms with van der Waals surface area (Å²) in [7, 11) is 0. The molecule has 0 bridgehead atoms. The van der Waals surface area contributed by atoms with Crippen molar-refractivity contribution in [1.82, 2.24) is 0 Å². The molecular weight excluding hydrogens is 212 g/mol. The van der Waals surface area contributed by atoms with Gasteiger partial charge < -0.3 is 4.74 Å². The maximum absolute atomic E-state index is 12.5. The zero-order valence-corrected chi connectivity index (χ0v) is 11.4. The average Bonchev–Trinajstić information content (AvgIpc) is 3.07. The van der Waals surface area contributed by atoms with Crippen LogP contribution in [0.1, 0.15) is 52.9 Å². The van der Waals surface area contributed by atoms with Crippen LogP contribution in [0.15, 0.2) is 0 Å². The van der Waals surface area contributed by atoms with Crippen LogP contribution in [0.3, 0.4) is 0 Å². The summed E-state index contributed by atoms with van der Waals surface area (Å²) in [6.07, 6.45) is 5.75. The predicted octanol–water partition coefficient (Wildman–Crippen LogP) is 3.44. The minimum absolute atomic E-state index is 0.0810. The monoisotopic (exact) mass is 238 g/mol. The second-order valence-electron chi connectivity index (χ2n) is 6.23. The van der Waals surface area contributed by atoms with Crippen LogP contribution in [0.5, 0.6) is 0 Å². The van der Waals surface area contributed by atoms with Gasteiger partial charge in [0.05, 0.1) is 0 Å². The van der Waals surface area contributed by atoms with Crippen LogP contribution in [-0.2, 0) is 9.53 Å². The van der Waals surface area contributed by atoms with E-state index in [1.807, 2.05) is 6.92 Å². The van der Waals surface area contributed by atoms with E-state index in [0.29, 0.717) is 30.1 Å². The predicted molar refractivity (Wildman–Crippen MR) is 68.8 cm³/mol. The first-order chi connectivity index (χ1) is 8.11. The van der Waals surface area contributed by atoms with Crippen molar-refractivity contribution in [3.05, 3.63) is 0 Å². The summed E-state index contributed by atoms with van der Waals surface area (Å²) in [6.45, 7) is 7.23. The number of hydrogen-bond donors (Lipinski definition) is 0. The number of rotatable bonds is 5. The highest BCUT2D eigenvalue weighted by molar-refractivity contribution is 5.86. The lowest BCUT2D eigenvalue weighted by molar-refractivity contribution is -0.137. The molecule has 0 saturated heterocycles. The van der Waals surface area contributed by atoms with Gasteiger partial charge in [0.25, 0.3) is 0 Å². The highest BCUT2D eigenvalue weighted by Gasteiger charge is 2.41. The lowest BCUT2D eigenvalue weighted by atomic mass is 9.74. The van der Waals surface area contributed by atoms with Crippen molar-refractivity contribution in [3.63, 3.8) is 0 Å². The summed E-state index contributed by atoms with van der Waals surface area (Å²) in [5, 5.41) is 0. The van der Waals surface area contributed by atoms with Crippen LogP contribution in [0.25, 0.3) is 0 Å². The number of carbonyl (C=O) groups is 1. The Kier molecular flexibility index (Phi) is 4.24. The quantitative estimate of drug-likeness (QED) is 0.733. The van der Waals surface area contributed by atoms with Gasteiger partial charge in [-0.15, -0.1) is 0 Å². The Bertz CT molecular complexity index is 260. The lowest BCUT2D eigenvalue weighted by Crippen LogP contribution is -2.36. The Morgan fingerprint density at radius 3 is 2.24 bits per heavy atom. The first-order valence-corrected chi connectivity index (χ1v) is 7.27. The highest BCUT2D eigenvalue weighted by atomic mass is 16.5. The summed E-state index contributed by atoms with van der Waals surface area (Å²) in [4.78, 5) is 12.5. The molecule has 2 rings (SSSR count). The van der Waals surface area contributed by atoms with E-state index in [1.54, 1.807) is 0 Å². The number of ketones is 1. The SMILES string of the molecule is CCOC(C(=O)C1CC(C)CC(C)C1)C1CC1. The lowest BCUT2D eigenvalue weighted by Gasteiger charge is -2.32. The van der Waals surface area contributed by atoms with E-state index in [0.717, 1.165) is 12.8 Å². The van der Waals surface area contributed by atoms with Gasteiger partial charge in [0.15, 0.2) is 5.78 Å². The molecule has 0 N–H and O–H groups in total. The van der Waals surface area contributed by atoms with Gasteiger partial charge in [0, 0.05) is 12.5 Å². The zero-order valence-electron chi connectivity index (χ0n) is 11.4. The minimum Gasteiger partial charge on any atom is -0.370 e. The summed E-state index contributed by atoms with van der Waals surface area (Å²) in [5.74, 6) is 2.62. The van der Waals surface area contributed by atoms with E-state index in [4.69, 9.17) is 4.74 Å². The molecule has 2 saturated carbocycles. The van der Waals surface area contributed by atoms with Crippen molar-refractivity contribution in [2.75, 3.05) is 6.61 Å². The van der Waals surface area contributed by atoms with Gasteiger partial charge in [-0.25, -0.2) is 0 Å². The maximum atomic E-state index is 12.5. The third-order valence-corrected chi connectivity index (χ3v) is 4.26. The first-order valence-electron chi connectivity index (χ1n) is 7.27. The molecule has 3 atom stereocenters. The molecule has 2 heteroatoms. The third kappa shape index (κ3) is 3.31. The normalized spacial score (nSPS) is 35.6. The first kappa shape index (κ1) is 13.1. The molecule has 2 aliphatic carbocycles. The van der Waals surface area contributed by atoms with Crippen LogP contribution in [0.4, 0.5) is 0 Å². The number of hydrogen-bond acceptors (Lipinski definition) is 2. The van der Waals surface area contributed by atoms with Crippen LogP contribution < -0.4 is 0 Å². The Hall–Kier alpha value is -0.370. The molecule has 0 spiro atoms. The van der Waals surface area contributed by atoms with Crippen molar-refractivity contribution in [1.29, 1.82) is 0 Å². The van der Waals surface area contributed by atoms with Crippen LogP contribution in [0, 0.1) is 23.7 Å². The summed E-state index contributed by atoms with van der Waals surface area (Å²) in [6, 6.07) is 0. The molecular formula is C15H26O2. The van der Waals surface area contributed by atoms with Crippen molar-refractivity contribution >= 4 is 5.78 Å². The maximum Gasteiger partial charge on any atom is 0.164 e. The van der Waals surface area contributed by atoms with Crippen molar-refractivity contribution < 1.29 is 9.53 Å². The summed E-state index contributed by atoms with van der Waals surface area (Å²) >= 11 is 0. The van der Waals surface area contributed by atoms with Crippen molar-refractivity contribution in [3.8, 4) is 0 Å². The topological polar surface area (TPSA) is 26.3 Å². The summed E-state index contributed by atoms with van der Waals surface area (Å²) in [5.41, 5.74) is 0. The second kappa shape index (κ2) is 5.51. The Morgan fingerprint density at radius 2 is 1.76 bits per heavy atom. The molecule has 0 aromatic rings. The van der Waals surface area contributed by atoms with E-state index in [-0.39, 0.29) is 12.0 Å². The fraction of sp³-hybridized carbons (Fsp3) is 0.933. The van der Waals surface area contributed by atoms with Crippen LogP contribution >= 0.6 is 0 Å². The molecule has 2 aliphatic rings. The number of ether oxygens (including phenoxy) is 1. The molecule has 2 nitrogen and oxygen atoms in total. The Labute approximate surface area is 105 Å². The van der Waals surface area contributed by atoms with Crippen molar-refractivity contribution in [2.45, 2.75) is 59.0 Å². The fourth-order valence-corrected chi connectivity index (χ4v) is 3.44. The molecule has 0 aliphatic heterocycles. The fourth-order valence-electron chi connectivity index (χ4n) is 3.44. The van der Waals surface area contributed by atoms with Crippen molar-refractivity contribution in [2.24, 2.45) is 23.7 Å². The number of Topliss-reactive ketones (excluding diaryl/α,β-unsaturated/α-hetero) is 1.